The van der Waals surface area contributed by atoms with Gasteiger partial charge in [-0.2, -0.15) is 0 Å². The minimum atomic E-state index is -1.00. The van der Waals surface area contributed by atoms with E-state index >= 15 is 0 Å². The zero-order valence-corrected chi connectivity index (χ0v) is 19.8. The maximum Gasteiger partial charge on any atom is 0.339 e. The van der Waals surface area contributed by atoms with Gasteiger partial charge in [0, 0.05) is 13.1 Å². The number of methoxy groups -OCH3 is 3. The van der Waals surface area contributed by atoms with E-state index < -0.39 is 12.1 Å². The average molecular weight is 464 g/mol. The minimum Gasteiger partial charge on any atom is -0.493 e. The molecule has 7 nitrogen and oxygen atoms in total. The van der Waals surface area contributed by atoms with Crippen LogP contribution in [0, 0.1) is 0 Å². The largest absolute Gasteiger partial charge is 0.493 e. The van der Waals surface area contributed by atoms with Gasteiger partial charge in [0.2, 0.25) is 5.75 Å². The zero-order chi connectivity index (χ0) is 24.5. The van der Waals surface area contributed by atoms with Crippen LogP contribution >= 0.6 is 0 Å². The molecule has 3 aromatic carbocycles. The van der Waals surface area contributed by atoms with Crippen LogP contribution in [0.2, 0.25) is 0 Å². The Morgan fingerprint density at radius 2 is 1.24 bits per heavy atom. The fraction of sp³-hybridized carbons (Fsp3) is 0.259. The first-order valence-electron chi connectivity index (χ1n) is 10.8. The van der Waals surface area contributed by atoms with Crippen molar-refractivity contribution >= 4 is 11.9 Å². The van der Waals surface area contributed by atoms with Gasteiger partial charge in [-0.05, 0) is 30.2 Å². The number of nitrogens with zero attached hydrogens (tertiary/aromatic N) is 1. The van der Waals surface area contributed by atoms with E-state index in [-0.39, 0.29) is 11.5 Å². The van der Waals surface area contributed by atoms with E-state index in [1.54, 1.807) is 11.8 Å². The fourth-order valence-corrected chi connectivity index (χ4v) is 3.55. The van der Waals surface area contributed by atoms with Gasteiger partial charge in [0.25, 0.3) is 5.91 Å². The van der Waals surface area contributed by atoms with Crippen LogP contribution in [0.3, 0.4) is 0 Å². The molecule has 1 atom stereocenters. The number of rotatable bonds is 10. The first-order valence-corrected chi connectivity index (χ1v) is 10.8. The third kappa shape index (κ3) is 6.07. The molecule has 0 saturated carbocycles. The second-order valence-corrected chi connectivity index (χ2v) is 7.63. The predicted octanol–water partition coefficient (Wildman–Crippen LogP) is 4.49. The van der Waals surface area contributed by atoms with Crippen LogP contribution in [0.4, 0.5) is 0 Å². The minimum absolute atomic E-state index is 0.187. The molecule has 0 radical (unpaired) electrons. The van der Waals surface area contributed by atoms with Gasteiger partial charge in [0.05, 0.1) is 26.9 Å². The van der Waals surface area contributed by atoms with Crippen molar-refractivity contribution in [2.75, 3.05) is 21.3 Å². The standard InChI is InChI=1S/C27H29NO6/c1-19(34-27(30)22-15-23(31-2)25(33-4)24(16-22)32-3)26(29)28(17-20-11-7-5-8-12-20)18-21-13-9-6-10-14-21/h5-16,19H,17-18H2,1-4H3. The number of ether oxygens (including phenoxy) is 4. The van der Waals surface area contributed by atoms with Gasteiger partial charge in [-0.1, -0.05) is 60.7 Å². The Morgan fingerprint density at radius 3 is 1.65 bits per heavy atom. The van der Waals surface area contributed by atoms with E-state index in [2.05, 4.69) is 0 Å². The van der Waals surface area contributed by atoms with E-state index in [0.717, 1.165) is 11.1 Å². The Kier molecular flexibility index (Phi) is 8.51. The normalized spacial score (nSPS) is 11.3. The van der Waals surface area contributed by atoms with Crippen LogP contribution in [0.15, 0.2) is 72.8 Å². The Morgan fingerprint density at radius 1 is 0.765 bits per heavy atom. The summed E-state index contributed by atoms with van der Waals surface area (Å²) in [5, 5.41) is 0. The smallest absolute Gasteiger partial charge is 0.339 e. The molecule has 0 saturated heterocycles. The number of hydrogen-bond donors (Lipinski definition) is 0. The quantitative estimate of drug-likeness (QED) is 0.413. The van der Waals surface area contributed by atoms with E-state index in [1.165, 1.54) is 33.5 Å². The Bertz CT molecular complexity index is 1030. The molecule has 34 heavy (non-hydrogen) atoms. The van der Waals surface area contributed by atoms with Crippen LogP contribution in [0.25, 0.3) is 0 Å². The lowest BCUT2D eigenvalue weighted by Gasteiger charge is -2.26. The van der Waals surface area contributed by atoms with Crippen molar-refractivity contribution in [1.29, 1.82) is 0 Å². The van der Waals surface area contributed by atoms with Gasteiger partial charge in [-0.15, -0.1) is 0 Å². The van der Waals surface area contributed by atoms with Gasteiger partial charge < -0.3 is 23.8 Å². The highest BCUT2D eigenvalue weighted by Crippen LogP contribution is 2.38. The molecule has 0 aromatic heterocycles. The first kappa shape index (κ1) is 24.6. The second kappa shape index (κ2) is 11.7. The maximum absolute atomic E-state index is 13.3. The fourth-order valence-electron chi connectivity index (χ4n) is 3.55. The Hall–Kier alpha value is -4.00. The van der Waals surface area contributed by atoms with Crippen LogP contribution in [-0.4, -0.2) is 44.2 Å². The summed E-state index contributed by atoms with van der Waals surface area (Å²) >= 11 is 0. The molecule has 7 heteroatoms. The van der Waals surface area contributed by atoms with Crippen molar-refractivity contribution in [3.63, 3.8) is 0 Å². The summed E-state index contributed by atoms with van der Waals surface area (Å²) in [5.74, 6) is 0.0423. The van der Waals surface area contributed by atoms with Crippen molar-refractivity contribution in [2.24, 2.45) is 0 Å². The number of benzene rings is 3. The lowest BCUT2D eigenvalue weighted by Crippen LogP contribution is -2.39. The highest BCUT2D eigenvalue weighted by Gasteiger charge is 2.26. The lowest BCUT2D eigenvalue weighted by atomic mass is 10.1. The molecule has 0 bridgehead atoms. The molecule has 0 aliphatic carbocycles. The highest BCUT2D eigenvalue weighted by molar-refractivity contribution is 5.93. The summed E-state index contributed by atoms with van der Waals surface area (Å²) in [6.07, 6.45) is -1.00. The van der Waals surface area contributed by atoms with Gasteiger partial charge >= 0.3 is 5.97 Å². The van der Waals surface area contributed by atoms with Gasteiger partial charge in [0.15, 0.2) is 17.6 Å². The summed E-state index contributed by atoms with van der Waals surface area (Å²) in [5.41, 5.74) is 2.15. The van der Waals surface area contributed by atoms with E-state index in [1.807, 2.05) is 60.7 Å². The summed E-state index contributed by atoms with van der Waals surface area (Å²) in [4.78, 5) is 27.9. The van der Waals surface area contributed by atoms with Crippen LogP contribution in [0.5, 0.6) is 17.2 Å². The molecule has 1 amide bonds. The molecule has 0 aliphatic rings. The molecule has 1 unspecified atom stereocenters. The zero-order valence-electron chi connectivity index (χ0n) is 19.8. The number of hydrogen-bond acceptors (Lipinski definition) is 6. The average Bonchev–Trinajstić information content (AvgIpc) is 2.87. The number of amides is 1. The number of carbonyl (C=O) groups excluding carboxylic acids is 2. The third-order valence-electron chi connectivity index (χ3n) is 5.28. The Labute approximate surface area is 199 Å². The van der Waals surface area contributed by atoms with E-state index in [9.17, 15) is 9.59 Å². The van der Waals surface area contributed by atoms with Crippen LogP contribution < -0.4 is 14.2 Å². The van der Waals surface area contributed by atoms with Gasteiger partial charge in [-0.25, -0.2) is 4.79 Å². The van der Waals surface area contributed by atoms with E-state index in [4.69, 9.17) is 18.9 Å². The predicted molar refractivity (Wildman–Crippen MR) is 128 cm³/mol. The van der Waals surface area contributed by atoms with Gasteiger partial charge in [-0.3, -0.25) is 4.79 Å². The monoisotopic (exact) mass is 463 g/mol. The molecule has 0 N–H and O–H groups in total. The summed E-state index contributed by atoms with van der Waals surface area (Å²) in [6.45, 7) is 2.35. The van der Waals surface area contributed by atoms with Crippen molar-refractivity contribution < 1.29 is 28.5 Å². The number of carbonyl (C=O) groups is 2. The topological polar surface area (TPSA) is 74.3 Å². The first-order chi connectivity index (χ1) is 16.5. The van der Waals surface area contributed by atoms with Crippen molar-refractivity contribution in [1.82, 2.24) is 4.90 Å². The molecular formula is C27H29NO6. The van der Waals surface area contributed by atoms with Gasteiger partial charge in [0.1, 0.15) is 0 Å². The highest BCUT2D eigenvalue weighted by atomic mass is 16.6. The van der Waals surface area contributed by atoms with Crippen molar-refractivity contribution in [2.45, 2.75) is 26.1 Å². The van der Waals surface area contributed by atoms with Crippen LogP contribution in [-0.2, 0) is 22.6 Å². The second-order valence-electron chi connectivity index (χ2n) is 7.63. The molecular weight excluding hydrogens is 434 g/mol. The third-order valence-corrected chi connectivity index (χ3v) is 5.28. The van der Waals surface area contributed by atoms with E-state index in [0.29, 0.717) is 30.3 Å². The molecule has 0 spiro atoms. The molecule has 3 aromatic rings. The molecule has 0 heterocycles. The Balaban J connectivity index is 1.79. The SMILES string of the molecule is COc1cc(C(=O)OC(C)C(=O)N(Cc2ccccc2)Cc2ccccc2)cc(OC)c1OC. The molecule has 3 rings (SSSR count). The number of esters is 1. The molecule has 0 fully saturated rings. The summed E-state index contributed by atoms with van der Waals surface area (Å²) in [7, 11) is 4.40. The van der Waals surface area contributed by atoms with Crippen molar-refractivity contribution in [3.05, 3.63) is 89.5 Å². The molecule has 178 valence electrons. The summed E-state index contributed by atoms with van der Waals surface area (Å²) in [6, 6.07) is 22.4. The van der Waals surface area contributed by atoms with Crippen LogP contribution in [0.1, 0.15) is 28.4 Å². The molecule has 0 aliphatic heterocycles. The maximum atomic E-state index is 13.3. The summed E-state index contributed by atoms with van der Waals surface area (Å²) < 4.78 is 21.4. The lowest BCUT2D eigenvalue weighted by molar-refractivity contribution is -0.141. The van der Waals surface area contributed by atoms with Crippen molar-refractivity contribution in [3.8, 4) is 17.2 Å².